The lowest BCUT2D eigenvalue weighted by atomic mass is 10.2. The number of benzene rings is 1. The van der Waals surface area contributed by atoms with E-state index in [0.29, 0.717) is 13.1 Å². The lowest BCUT2D eigenvalue weighted by Crippen LogP contribution is -2.17. The molecular weight excluding hydrogens is 217 g/mol. The predicted molar refractivity (Wildman–Crippen MR) is 65.2 cm³/mol. The fourth-order valence-electron chi connectivity index (χ4n) is 1.72. The van der Waals surface area contributed by atoms with Crippen LogP contribution >= 0.6 is 0 Å². The Morgan fingerprint density at radius 1 is 1.12 bits per heavy atom. The van der Waals surface area contributed by atoms with E-state index < -0.39 is 0 Å². The predicted octanol–water partition coefficient (Wildman–Crippen LogP) is 2.14. The highest BCUT2D eigenvalue weighted by Gasteiger charge is 2.01. The third-order valence-corrected chi connectivity index (χ3v) is 2.58. The molecule has 1 aromatic carbocycles. The zero-order valence-corrected chi connectivity index (χ0v) is 9.64. The van der Waals surface area contributed by atoms with Gasteiger partial charge in [0, 0.05) is 19.3 Å². The molecule has 0 radical (unpaired) electrons. The summed E-state index contributed by atoms with van der Waals surface area (Å²) in [6.45, 7) is 1.46. The molecule has 0 unspecified atom stereocenters. The molecule has 2 aromatic rings. The second-order valence-corrected chi connectivity index (χ2v) is 3.82. The van der Waals surface area contributed by atoms with Gasteiger partial charge in [-0.3, -0.25) is 4.68 Å². The van der Waals surface area contributed by atoms with E-state index in [9.17, 15) is 4.39 Å². The van der Waals surface area contributed by atoms with Crippen molar-refractivity contribution < 1.29 is 4.39 Å². The minimum Gasteiger partial charge on any atom is -0.307 e. The van der Waals surface area contributed by atoms with Crippen LogP contribution in [0.2, 0.25) is 0 Å². The fraction of sp³-hybridized carbons (Fsp3) is 0.308. The van der Waals surface area contributed by atoms with Gasteiger partial charge >= 0.3 is 0 Å². The van der Waals surface area contributed by atoms with Crippen LogP contribution in [0.5, 0.6) is 0 Å². The van der Waals surface area contributed by atoms with Crippen molar-refractivity contribution >= 4 is 0 Å². The number of hydrogen-bond acceptors (Lipinski definition) is 2. The normalized spacial score (nSPS) is 10.6. The number of halogens is 1. The van der Waals surface area contributed by atoms with E-state index in [1.54, 1.807) is 10.9 Å². The molecule has 0 saturated carbocycles. The Bertz CT molecular complexity index is 439. The van der Waals surface area contributed by atoms with Crippen LogP contribution in [-0.4, -0.2) is 16.5 Å². The molecule has 1 N–H and O–H groups in total. The van der Waals surface area contributed by atoms with Crippen LogP contribution in [-0.2, 0) is 19.6 Å². The van der Waals surface area contributed by atoms with E-state index in [0.717, 1.165) is 12.2 Å². The molecule has 0 fully saturated rings. The summed E-state index contributed by atoms with van der Waals surface area (Å²) in [4.78, 5) is 0. The average molecular weight is 233 g/mol. The zero-order chi connectivity index (χ0) is 11.9. The second kappa shape index (κ2) is 6.15. The summed E-state index contributed by atoms with van der Waals surface area (Å²) in [6.07, 6.45) is 1.70. The van der Waals surface area contributed by atoms with E-state index >= 15 is 0 Å². The molecule has 3 nitrogen and oxygen atoms in total. The highest BCUT2D eigenvalue weighted by atomic mass is 19.1. The molecule has 0 aliphatic rings. The first-order valence-corrected chi connectivity index (χ1v) is 5.71. The SMILES string of the molecule is FCCn1nccc1CNCc1ccccc1. The number of nitrogens with one attached hydrogen (secondary N) is 1. The van der Waals surface area contributed by atoms with Gasteiger partial charge in [-0.05, 0) is 11.6 Å². The molecule has 2 rings (SSSR count). The van der Waals surface area contributed by atoms with Crippen LogP contribution in [0.25, 0.3) is 0 Å². The van der Waals surface area contributed by atoms with E-state index in [-0.39, 0.29) is 6.67 Å². The average Bonchev–Trinajstić information content (AvgIpc) is 2.79. The Morgan fingerprint density at radius 2 is 1.94 bits per heavy atom. The van der Waals surface area contributed by atoms with Gasteiger partial charge in [-0.25, -0.2) is 4.39 Å². The van der Waals surface area contributed by atoms with Gasteiger partial charge in [-0.1, -0.05) is 30.3 Å². The van der Waals surface area contributed by atoms with Gasteiger partial charge in [0.05, 0.1) is 12.2 Å². The molecule has 0 atom stereocenters. The van der Waals surface area contributed by atoms with Gasteiger partial charge in [0.1, 0.15) is 6.67 Å². The maximum Gasteiger partial charge on any atom is 0.109 e. The van der Waals surface area contributed by atoms with E-state index in [1.165, 1.54) is 5.56 Å². The Kier molecular flexibility index (Phi) is 4.27. The van der Waals surface area contributed by atoms with Gasteiger partial charge in [-0.15, -0.1) is 0 Å². The zero-order valence-electron chi connectivity index (χ0n) is 9.64. The summed E-state index contributed by atoms with van der Waals surface area (Å²) in [5, 5.41) is 7.39. The maximum absolute atomic E-state index is 12.2. The molecule has 0 amide bonds. The molecule has 0 aliphatic heterocycles. The number of aryl methyl sites for hydroxylation is 1. The molecule has 0 aliphatic carbocycles. The summed E-state index contributed by atoms with van der Waals surface area (Å²) in [7, 11) is 0. The molecule has 1 heterocycles. The monoisotopic (exact) mass is 233 g/mol. The van der Waals surface area contributed by atoms with E-state index in [1.807, 2.05) is 24.3 Å². The highest BCUT2D eigenvalue weighted by molar-refractivity contribution is 5.14. The van der Waals surface area contributed by atoms with Gasteiger partial charge in [0.25, 0.3) is 0 Å². The van der Waals surface area contributed by atoms with Crippen molar-refractivity contribution in [2.24, 2.45) is 0 Å². The number of alkyl halides is 1. The number of aromatic nitrogens is 2. The number of rotatable bonds is 6. The van der Waals surface area contributed by atoms with Crippen molar-refractivity contribution in [3.8, 4) is 0 Å². The molecule has 0 spiro atoms. The number of hydrogen-bond donors (Lipinski definition) is 1. The molecule has 0 saturated heterocycles. The van der Waals surface area contributed by atoms with Crippen molar-refractivity contribution in [3.63, 3.8) is 0 Å². The van der Waals surface area contributed by atoms with Gasteiger partial charge < -0.3 is 5.32 Å². The van der Waals surface area contributed by atoms with Crippen molar-refractivity contribution in [2.75, 3.05) is 6.67 Å². The van der Waals surface area contributed by atoms with Crippen molar-refractivity contribution in [2.45, 2.75) is 19.6 Å². The van der Waals surface area contributed by atoms with Crippen LogP contribution in [0.3, 0.4) is 0 Å². The summed E-state index contributed by atoms with van der Waals surface area (Å²) >= 11 is 0. The van der Waals surface area contributed by atoms with E-state index in [4.69, 9.17) is 0 Å². The Morgan fingerprint density at radius 3 is 2.71 bits per heavy atom. The van der Waals surface area contributed by atoms with Crippen LogP contribution in [0.15, 0.2) is 42.6 Å². The minimum absolute atomic E-state index is 0.329. The van der Waals surface area contributed by atoms with Crippen LogP contribution in [0.1, 0.15) is 11.3 Å². The summed E-state index contributed by atoms with van der Waals surface area (Å²) < 4.78 is 13.9. The summed E-state index contributed by atoms with van der Waals surface area (Å²) in [5.41, 5.74) is 2.25. The minimum atomic E-state index is -0.382. The Labute approximate surface area is 100 Å². The third-order valence-electron chi connectivity index (χ3n) is 2.58. The van der Waals surface area contributed by atoms with Crippen LogP contribution in [0.4, 0.5) is 4.39 Å². The van der Waals surface area contributed by atoms with Gasteiger partial charge in [0.2, 0.25) is 0 Å². The Hall–Kier alpha value is -1.68. The van der Waals surface area contributed by atoms with E-state index in [2.05, 4.69) is 22.5 Å². The molecule has 0 bridgehead atoms. The van der Waals surface area contributed by atoms with Gasteiger partial charge in [-0.2, -0.15) is 5.10 Å². The molecule has 4 heteroatoms. The molecule has 1 aromatic heterocycles. The van der Waals surface area contributed by atoms with Crippen molar-refractivity contribution in [3.05, 3.63) is 53.9 Å². The number of nitrogens with zero attached hydrogens (tertiary/aromatic N) is 2. The first-order valence-electron chi connectivity index (χ1n) is 5.71. The first kappa shape index (κ1) is 11.8. The lowest BCUT2D eigenvalue weighted by molar-refractivity contribution is 0.417. The molecule has 17 heavy (non-hydrogen) atoms. The molecular formula is C13H16FN3. The molecule has 90 valence electrons. The topological polar surface area (TPSA) is 29.9 Å². The van der Waals surface area contributed by atoms with Crippen LogP contribution in [0, 0.1) is 0 Å². The first-order chi connectivity index (χ1) is 8.40. The second-order valence-electron chi connectivity index (χ2n) is 3.82. The van der Waals surface area contributed by atoms with Crippen molar-refractivity contribution in [1.82, 2.24) is 15.1 Å². The maximum atomic E-state index is 12.2. The largest absolute Gasteiger partial charge is 0.307 e. The van der Waals surface area contributed by atoms with Gasteiger partial charge in [0.15, 0.2) is 0 Å². The fourth-order valence-corrected chi connectivity index (χ4v) is 1.72. The quantitative estimate of drug-likeness (QED) is 0.828. The third kappa shape index (κ3) is 3.39. The standard InChI is InChI=1S/C13H16FN3/c14-7-9-17-13(6-8-16-17)11-15-10-12-4-2-1-3-5-12/h1-6,8,15H,7,9-11H2. The highest BCUT2D eigenvalue weighted by Crippen LogP contribution is 2.01. The smallest absolute Gasteiger partial charge is 0.109 e. The summed E-state index contributed by atoms with van der Waals surface area (Å²) in [5.74, 6) is 0. The summed E-state index contributed by atoms with van der Waals surface area (Å²) in [6, 6.07) is 12.1. The lowest BCUT2D eigenvalue weighted by Gasteiger charge is -2.07. The Balaban J connectivity index is 1.84. The van der Waals surface area contributed by atoms with Crippen molar-refractivity contribution in [1.29, 1.82) is 0 Å². The van der Waals surface area contributed by atoms with Crippen LogP contribution < -0.4 is 5.32 Å².